The van der Waals surface area contributed by atoms with Crippen molar-refractivity contribution in [1.29, 1.82) is 0 Å². The third-order valence-corrected chi connectivity index (χ3v) is 2.22. The molecule has 0 aromatic carbocycles. The van der Waals surface area contributed by atoms with Crippen LogP contribution in [0.3, 0.4) is 0 Å². The number of carbonyl (C=O) groups is 2. The van der Waals surface area contributed by atoms with Crippen LogP contribution in [0.4, 0.5) is 0 Å². The van der Waals surface area contributed by atoms with Crippen LogP contribution in [-0.4, -0.2) is 43.7 Å². The molecule has 0 saturated carbocycles. The van der Waals surface area contributed by atoms with E-state index in [-0.39, 0.29) is 13.2 Å². The molecule has 0 saturated heterocycles. The Bertz CT molecular complexity index is 394. The molecule has 0 fully saturated rings. The van der Waals surface area contributed by atoms with E-state index in [0.717, 1.165) is 0 Å². The summed E-state index contributed by atoms with van der Waals surface area (Å²) in [5.41, 5.74) is 0. The van der Waals surface area contributed by atoms with E-state index >= 15 is 0 Å². The standard InChI is InChI=1S/C13H16O6/c1-4-7-16-13-6-5-11(18-10(3)15)12(19-13)8-17-9(2)14/h1,5-6,11-13H,7-8H2,2-3H3/t11-,12-,13-/m0/s1. The number of carbonyl (C=O) groups excluding carboxylic acids is 2. The maximum atomic E-state index is 11.0. The summed E-state index contributed by atoms with van der Waals surface area (Å²) in [7, 11) is 0. The van der Waals surface area contributed by atoms with Gasteiger partial charge in [-0.2, -0.15) is 0 Å². The molecule has 1 aliphatic heterocycles. The number of rotatable bonds is 5. The molecule has 1 rings (SSSR count). The second-order valence-electron chi connectivity index (χ2n) is 3.82. The summed E-state index contributed by atoms with van der Waals surface area (Å²) in [6.07, 6.45) is 6.40. The molecule has 0 amide bonds. The van der Waals surface area contributed by atoms with Gasteiger partial charge in [-0.25, -0.2) is 0 Å². The average molecular weight is 268 g/mol. The first-order chi connectivity index (χ1) is 9.02. The first-order valence-electron chi connectivity index (χ1n) is 5.72. The molecule has 0 aromatic rings. The van der Waals surface area contributed by atoms with Crippen LogP contribution in [-0.2, 0) is 28.5 Å². The van der Waals surface area contributed by atoms with Gasteiger partial charge in [-0.3, -0.25) is 9.59 Å². The normalized spacial score (nSPS) is 25.4. The molecule has 0 N–H and O–H groups in total. The van der Waals surface area contributed by atoms with Crippen LogP contribution in [0.1, 0.15) is 13.8 Å². The maximum Gasteiger partial charge on any atom is 0.303 e. The summed E-state index contributed by atoms with van der Waals surface area (Å²) in [6.45, 7) is 2.63. The quantitative estimate of drug-likeness (QED) is 0.408. The Morgan fingerprint density at radius 2 is 2.05 bits per heavy atom. The minimum absolute atomic E-state index is 0.0342. The smallest absolute Gasteiger partial charge is 0.303 e. The molecule has 19 heavy (non-hydrogen) atoms. The summed E-state index contributed by atoms with van der Waals surface area (Å²) < 4.78 is 20.6. The highest BCUT2D eigenvalue weighted by Crippen LogP contribution is 2.17. The van der Waals surface area contributed by atoms with Crippen LogP contribution in [0.25, 0.3) is 0 Å². The Hall–Kier alpha value is -1.84. The first-order valence-corrected chi connectivity index (χ1v) is 5.72. The number of ether oxygens (including phenoxy) is 4. The molecule has 1 aliphatic rings. The van der Waals surface area contributed by atoms with Crippen LogP contribution in [0.5, 0.6) is 0 Å². The van der Waals surface area contributed by atoms with E-state index in [1.54, 1.807) is 12.2 Å². The van der Waals surface area contributed by atoms with Crippen molar-refractivity contribution in [2.24, 2.45) is 0 Å². The van der Waals surface area contributed by atoms with Gasteiger partial charge in [0.05, 0.1) is 0 Å². The Morgan fingerprint density at radius 3 is 2.63 bits per heavy atom. The maximum absolute atomic E-state index is 11.0. The highest BCUT2D eigenvalue weighted by molar-refractivity contribution is 5.66. The predicted molar refractivity (Wildman–Crippen MR) is 64.8 cm³/mol. The molecule has 3 atom stereocenters. The van der Waals surface area contributed by atoms with Crippen LogP contribution < -0.4 is 0 Å². The van der Waals surface area contributed by atoms with Crippen molar-refractivity contribution in [3.63, 3.8) is 0 Å². The third-order valence-electron chi connectivity index (χ3n) is 2.22. The van der Waals surface area contributed by atoms with Gasteiger partial charge in [-0.05, 0) is 12.2 Å². The highest BCUT2D eigenvalue weighted by Gasteiger charge is 2.30. The highest BCUT2D eigenvalue weighted by atomic mass is 16.7. The molecule has 1 heterocycles. The fraction of sp³-hybridized carbons (Fsp3) is 0.538. The number of esters is 2. The SMILES string of the molecule is C#CCO[C@@H]1C=C[C@H](OC(C)=O)[C@H](COC(C)=O)O1. The molecule has 0 unspecified atom stereocenters. The Kier molecular flexibility index (Phi) is 6.06. The van der Waals surface area contributed by atoms with Crippen molar-refractivity contribution in [2.45, 2.75) is 32.3 Å². The van der Waals surface area contributed by atoms with Crippen LogP contribution in [0.15, 0.2) is 12.2 Å². The fourth-order valence-electron chi connectivity index (χ4n) is 1.48. The second kappa shape index (κ2) is 7.56. The van der Waals surface area contributed by atoms with Crippen molar-refractivity contribution in [1.82, 2.24) is 0 Å². The molecule has 6 nitrogen and oxygen atoms in total. The van der Waals surface area contributed by atoms with Crippen molar-refractivity contribution in [2.75, 3.05) is 13.2 Å². The number of terminal acetylenes is 1. The van der Waals surface area contributed by atoms with E-state index in [4.69, 9.17) is 25.4 Å². The van der Waals surface area contributed by atoms with E-state index in [2.05, 4.69) is 5.92 Å². The van der Waals surface area contributed by atoms with E-state index < -0.39 is 30.4 Å². The molecule has 0 bridgehead atoms. The van der Waals surface area contributed by atoms with Gasteiger partial charge in [-0.1, -0.05) is 5.92 Å². The fourth-order valence-corrected chi connectivity index (χ4v) is 1.48. The molecule has 104 valence electrons. The molecule has 0 radical (unpaired) electrons. The summed E-state index contributed by atoms with van der Waals surface area (Å²) in [6, 6.07) is 0. The zero-order valence-corrected chi connectivity index (χ0v) is 10.8. The van der Waals surface area contributed by atoms with Crippen LogP contribution in [0, 0.1) is 12.3 Å². The van der Waals surface area contributed by atoms with Crippen molar-refractivity contribution in [3.05, 3.63) is 12.2 Å². The van der Waals surface area contributed by atoms with Crippen molar-refractivity contribution < 1.29 is 28.5 Å². The molecule has 0 aliphatic carbocycles. The van der Waals surface area contributed by atoms with Gasteiger partial charge in [0.15, 0.2) is 6.29 Å². The summed E-state index contributed by atoms with van der Waals surface area (Å²) >= 11 is 0. The monoisotopic (exact) mass is 268 g/mol. The largest absolute Gasteiger partial charge is 0.463 e. The van der Waals surface area contributed by atoms with Crippen LogP contribution in [0.2, 0.25) is 0 Å². The lowest BCUT2D eigenvalue weighted by Crippen LogP contribution is -2.42. The lowest BCUT2D eigenvalue weighted by molar-refractivity contribution is -0.193. The Morgan fingerprint density at radius 1 is 1.32 bits per heavy atom. The van der Waals surface area contributed by atoms with Crippen molar-refractivity contribution >= 4 is 11.9 Å². The lowest BCUT2D eigenvalue weighted by Gasteiger charge is -2.30. The van der Waals surface area contributed by atoms with E-state index in [1.807, 2.05) is 0 Å². The van der Waals surface area contributed by atoms with Gasteiger partial charge in [0.2, 0.25) is 0 Å². The molecular formula is C13H16O6. The first kappa shape index (κ1) is 15.2. The van der Waals surface area contributed by atoms with Gasteiger partial charge in [0.1, 0.15) is 25.4 Å². The topological polar surface area (TPSA) is 71.1 Å². The molecular weight excluding hydrogens is 252 g/mol. The zero-order chi connectivity index (χ0) is 14.3. The molecule has 0 aromatic heterocycles. The molecule has 6 heteroatoms. The van der Waals surface area contributed by atoms with E-state index in [9.17, 15) is 9.59 Å². The summed E-state index contributed by atoms with van der Waals surface area (Å²) in [5.74, 6) is 1.42. The van der Waals surface area contributed by atoms with Gasteiger partial charge in [0, 0.05) is 13.8 Å². The lowest BCUT2D eigenvalue weighted by atomic mass is 10.1. The predicted octanol–water partition coefficient (Wildman–Crippen LogP) is 0.412. The van der Waals surface area contributed by atoms with Gasteiger partial charge in [-0.15, -0.1) is 6.42 Å². The third kappa shape index (κ3) is 5.55. The van der Waals surface area contributed by atoms with E-state index in [1.165, 1.54) is 13.8 Å². The molecule has 0 spiro atoms. The van der Waals surface area contributed by atoms with Gasteiger partial charge < -0.3 is 18.9 Å². The van der Waals surface area contributed by atoms with Gasteiger partial charge in [0.25, 0.3) is 0 Å². The van der Waals surface area contributed by atoms with Gasteiger partial charge >= 0.3 is 11.9 Å². The van der Waals surface area contributed by atoms with E-state index in [0.29, 0.717) is 0 Å². The van der Waals surface area contributed by atoms with Crippen molar-refractivity contribution in [3.8, 4) is 12.3 Å². The minimum Gasteiger partial charge on any atom is -0.463 e. The second-order valence-corrected chi connectivity index (χ2v) is 3.82. The summed E-state index contributed by atoms with van der Waals surface area (Å²) in [5, 5.41) is 0. The average Bonchev–Trinajstić information content (AvgIpc) is 2.35. The number of hydrogen-bond acceptors (Lipinski definition) is 6. The summed E-state index contributed by atoms with van der Waals surface area (Å²) in [4.78, 5) is 21.8. The van der Waals surface area contributed by atoms with Crippen LogP contribution >= 0.6 is 0 Å². The number of hydrogen-bond donors (Lipinski definition) is 0. The Balaban J connectivity index is 2.63. The zero-order valence-electron chi connectivity index (χ0n) is 10.8. The minimum atomic E-state index is -0.650. The Labute approximate surface area is 111 Å².